The van der Waals surface area contributed by atoms with Crippen LogP contribution in [-0.4, -0.2) is 40.3 Å². The molecular weight excluding hydrogens is 466 g/mol. The molecule has 8 nitrogen and oxygen atoms in total. The van der Waals surface area contributed by atoms with Gasteiger partial charge in [-0.25, -0.2) is 9.67 Å². The van der Waals surface area contributed by atoms with Crippen molar-refractivity contribution >= 4 is 29.2 Å². The first-order valence-electron chi connectivity index (χ1n) is 11.8. The fourth-order valence-electron chi connectivity index (χ4n) is 4.43. The predicted octanol–water partition coefficient (Wildman–Crippen LogP) is 4.87. The van der Waals surface area contributed by atoms with Crippen molar-refractivity contribution in [3.8, 4) is 5.82 Å². The van der Waals surface area contributed by atoms with E-state index in [0.717, 1.165) is 29.8 Å². The number of esters is 1. The molecule has 0 radical (unpaired) electrons. The summed E-state index contributed by atoms with van der Waals surface area (Å²) >= 11 is 6.13. The highest BCUT2D eigenvalue weighted by molar-refractivity contribution is 6.31. The third-order valence-electron chi connectivity index (χ3n) is 6.39. The van der Waals surface area contributed by atoms with Crippen LogP contribution in [0.1, 0.15) is 59.8 Å². The second-order valence-corrected chi connectivity index (χ2v) is 9.19. The Morgan fingerprint density at radius 1 is 1.17 bits per heavy atom. The molecule has 0 spiro atoms. The number of halogens is 1. The molecule has 0 aliphatic heterocycles. The van der Waals surface area contributed by atoms with Gasteiger partial charge in [0.15, 0.2) is 5.82 Å². The van der Waals surface area contributed by atoms with Crippen LogP contribution < -0.4 is 10.6 Å². The minimum atomic E-state index is -0.350. The molecule has 1 atom stereocenters. The number of pyridine rings is 1. The molecule has 4 rings (SSSR count). The first-order chi connectivity index (χ1) is 16.9. The van der Waals surface area contributed by atoms with Crippen LogP contribution in [0.15, 0.2) is 48.8 Å². The van der Waals surface area contributed by atoms with Gasteiger partial charge in [-0.15, -0.1) is 0 Å². The minimum Gasteiger partial charge on any atom is -0.469 e. The normalized spacial score (nSPS) is 14.5. The number of methoxy groups -OCH3 is 1. The van der Waals surface area contributed by atoms with Crippen molar-refractivity contribution in [1.29, 1.82) is 0 Å². The molecule has 1 aliphatic carbocycles. The van der Waals surface area contributed by atoms with Crippen LogP contribution in [0.25, 0.3) is 5.82 Å². The zero-order valence-corrected chi connectivity index (χ0v) is 20.7. The van der Waals surface area contributed by atoms with E-state index in [1.807, 2.05) is 49.5 Å². The van der Waals surface area contributed by atoms with E-state index in [4.69, 9.17) is 11.6 Å². The van der Waals surface area contributed by atoms with Crippen LogP contribution in [-0.2, 0) is 9.53 Å². The molecule has 2 heterocycles. The van der Waals surface area contributed by atoms with Crippen molar-refractivity contribution in [2.45, 2.75) is 45.1 Å². The van der Waals surface area contributed by atoms with Crippen molar-refractivity contribution in [2.75, 3.05) is 19.0 Å². The maximum Gasteiger partial charge on any atom is 0.307 e. The van der Waals surface area contributed by atoms with E-state index in [0.29, 0.717) is 22.3 Å². The Morgan fingerprint density at radius 3 is 2.51 bits per heavy atom. The number of anilines is 1. The molecule has 184 valence electrons. The van der Waals surface area contributed by atoms with Crippen molar-refractivity contribution in [2.24, 2.45) is 5.92 Å². The van der Waals surface area contributed by atoms with E-state index >= 15 is 0 Å². The molecule has 9 heteroatoms. The summed E-state index contributed by atoms with van der Waals surface area (Å²) in [7, 11) is 1.33. The average molecular weight is 496 g/mol. The first kappa shape index (κ1) is 24.7. The maximum absolute atomic E-state index is 12.4. The van der Waals surface area contributed by atoms with Crippen molar-refractivity contribution in [3.05, 3.63) is 70.6 Å². The second kappa shape index (κ2) is 11.4. The van der Waals surface area contributed by atoms with Gasteiger partial charge in [0, 0.05) is 12.1 Å². The Morgan fingerprint density at radius 2 is 1.91 bits per heavy atom. The Bertz CT molecular complexity index is 1140. The monoisotopic (exact) mass is 495 g/mol. The minimum absolute atomic E-state index is 0.114. The highest BCUT2D eigenvalue weighted by atomic mass is 35.5. The third-order valence-corrected chi connectivity index (χ3v) is 6.76. The van der Waals surface area contributed by atoms with E-state index < -0.39 is 0 Å². The average Bonchev–Trinajstić information content (AvgIpc) is 3.53. The van der Waals surface area contributed by atoms with Gasteiger partial charge >= 0.3 is 5.97 Å². The number of rotatable bonds is 9. The molecule has 1 unspecified atom stereocenters. The van der Waals surface area contributed by atoms with E-state index in [9.17, 15) is 9.59 Å². The van der Waals surface area contributed by atoms with Crippen molar-refractivity contribution in [3.63, 3.8) is 0 Å². The summed E-state index contributed by atoms with van der Waals surface area (Å²) in [6, 6.07) is 11.7. The molecule has 2 N–H and O–H groups in total. The molecule has 2 aromatic heterocycles. The number of carbonyl (C=O) groups excluding carboxylic acids is 2. The predicted molar refractivity (Wildman–Crippen MR) is 135 cm³/mol. The lowest BCUT2D eigenvalue weighted by molar-refractivity contribution is -0.140. The smallest absolute Gasteiger partial charge is 0.307 e. The molecule has 1 saturated carbocycles. The van der Waals surface area contributed by atoms with Gasteiger partial charge in [-0.2, -0.15) is 5.10 Å². The largest absolute Gasteiger partial charge is 0.469 e. The van der Waals surface area contributed by atoms with Crippen molar-refractivity contribution < 1.29 is 14.3 Å². The fourth-order valence-corrected chi connectivity index (χ4v) is 4.56. The lowest BCUT2D eigenvalue weighted by atomic mass is 9.91. The van der Waals surface area contributed by atoms with Gasteiger partial charge in [0.2, 0.25) is 0 Å². The van der Waals surface area contributed by atoms with E-state index in [1.54, 1.807) is 10.9 Å². The van der Waals surface area contributed by atoms with Gasteiger partial charge in [-0.05, 0) is 55.5 Å². The van der Waals surface area contributed by atoms with Crippen molar-refractivity contribution in [1.82, 2.24) is 20.1 Å². The van der Waals surface area contributed by atoms with Crippen LogP contribution in [0.5, 0.6) is 0 Å². The maximum atomic E-state index is 12.4. The highest BCUT2D eigenvalue weighted by Gasteiger charge is 2.26. The lowest BCUT2D eigenvalue weighted by Crippen LogP contribution is -2.26. The lowest BCUT2D eigenvalue weighted by Gasteiger charge is -2.26. The Kier molecular flexibility index (Phi) is 8.02. The molecule has 3 aromatic rings. The third kappa shape index (κ3) is 6.19. The number of aromatic nitrogens is 3. The second-order valence-electron chi connectivity index (χ2n) is 8.78. The molecule has 1 fully saturated rings. The van der Waals surface area contributed by atoms with Gasteiger partial charge in [0.1, 0.15) is 0 Å². The van der Waals surface area contributed by atoms with Crippen LogP contribution >= 0.6 is 11.6 Å². The van der Waals surface area contributed by atoms with Crippen LogP contribution in [0, 0.1) is 12.8 Å². The summed E-state index contributed by atoms with van der Waals surface area (Å²) in [6.07, 6.45) is 8.47. The number of nitrogens with one attached hydrogen (secondary N) is 2. The molecule has 1 aromatic carbocycles. The summed E-state index contributed by atoms with van der Waals surface area (Å²) in [5.74, 6) is 0.643. The number of benzene rings is 1. The van der Waals surface area contributed by atoms with Gasteiger partial charge in [-0.3, -0.25) is 9.59 Å². The van der Waals surface area contributed by atoms with E-state index in [-0.39, 0.29) is 30.9 Å². The zero-order valence-electron chi connectivity index (χ0n) is 20.0. The van der Waals surface area contributed by atoms with Gasteiger partial charge < -0.3 is 15.4 Å². The molecule has 35 heavy (non-hydrogen) atoms. The first-order valence-corrected chi connectivity index (χ1v) is 12.2. The van der Waals surface area contributed by atoms with Gasteiger partial charge in [0.25, 0.3) is 5.91 Å². The Hall–Kier alpha value is -3.39. The number of amides is 1. The standard InChI is InChI=1S/C26H30ClN5O3/c1-17-22(27)16-32(31-17)23-12-11-21(15-29-23)30-25(18-5-3-4-6-18)19-7-9-20(10-8-19)26(34)28-14-13-24(33)35-2/h7-12,15-16,18,25,30H,3-6,13-14H2,1-2H3,(H,28,34). The molecule has 0 saturated heterocycles. The summed E-state index contributed by atoms with van der Waals surface area (Å²) in [4.78, 5) is 28.2. The molecule has 1 amide bonds. The summed E-state index contributed by atoms with van der Waals surface area (Å²) in [5, 5.41) is 11.4. The Balaban J connectivity index is 1.45. The quantitative estimate of drug-likeness (QED) is 0.411. The van der Waals surface area contributed by atoms with E-state index in [1.165, 1.54) is 20.0 Å². The van der Waals surface area contributed by atoms with E-state index in [2.05, 4.69) is 25.5 Å². The number of hydrogen-bond donors (Lipinski definition) is 2. The number of carbonyl (C=O) groups is 2. The number of hydrogen-bond acceptors (Lipinski definition) is 6. The van der Waals surface area contributed by atoms with Gasteiger partial charge in [-0.1, -0.05) is 36.6 Å². The molecular formula is C26H30ClN5O3. The zero-order chi connectivity index (χ0) is 24.8. The van der Waals surface area contributed by atoms with Crippen LogP contribution in [0.3, 0.4) is 0 Å². The van der Waals surface area contributed by atoms with Gasteiger partial charge in [0.05, 0.1) is 48.4 Å². The highest BCUT2D eigenvalue weighted by Crippen LogP contribution is 2.38. The summed E-state index contributed by atoms with van der Waals surface area (Å²) in [6.45, 7) is 2.10. The molecule has 0 bridgehead atoms. The summed E-state index contributed by atoms with van der Waals surface area (Å²) in [5.41, 5.74) is 3.37. The number of ether oxygens (including phenoxy) is 1. The number of nitrogens with zero attached hydrogens (tertiary/aromatic N) is 3. The number of aryl methyl sites for hydroxylation is 1. The molecule has 1 aliphatic rings. The fraction of sp³-hybridized carbons (Fsp3) is 0.385. The van der Waals surface area contributed by atoms with Crippen LogP contribution in [0.4, 0.5) is 5.69 Å². The Labute approximate surface area is 210 Å². The SMILES string of the molecule is COC(=O)CCNC(=O)c1ccc(C(Nc2ccc(-n3cc(Cl)c(C)n3)nc2)C2CCCC2)cc1. The topological polar surface area (TPSA) is 98.1 Å². The van der Waals surface area contributed by atoms with Crippen LogP contribution in [0.2, 0.25) is 5.02 Å². The summed E-state index contributed by atoms with van der Waals surface area (Å²) < 4.78 is 6.27.